The molecular weight excluding hydrogens is 340 g/mol. The molecular formula is C23H36O4. The summed E-state index contributed by atoms with van der Waals surface area (Å²) in [4.78, 5) is 22.7. The monoisotopic (exact) mass is 376 g/mol. The van der Waals surface area contributed by atoms with E-state index in [1.807, 2.05) is 0 Å². The first-order chi connectivity index (χ1) is 12.7. The van der Waals surface area contributed by atoms with Crippen molar-refractivity contribution in [2.75, 3.05) is 0 Å². The molecule has 4 saturated carbocycles. The Morgan fingerprint density at radius 3 is 2.37 bits per heavy atom. The van der Waals surface area contributed by atoms with Gasteiger partial charge in [-0.15, -0.1) is 0 Å². The topological polar surface area (TPSA) is 63.6 Å². The summed E-state index contributed by atoms with van der Waals surface area (Å²) in [5, 5.41) is 9.36. The molecule has 4 nitrogen and oxygen atoms in total. The number of carbonyl (C=O) groups is 2. The molecule has 4 fully saturated rings. The average molecular weight is 377 g/mol. The van der Waals surface area contributed by atoms with Gasteiger partial charge in [0, 0.05) is 13.3 Å². The van der Waals surface area contributed by atoms with Crippen LogP contribution in [0.1, 0.15) is 85.0 Å². The predicted octanol–water partition coefficient (Wildman–Crippen LogP) is 5.05. The Morgan fingerprint density at radius 2 is 1.67 bits per heavy atom. The van der Waals surface area contributed by atoms with E-state index in [-0.39, 0.29) is 17.5 Å². The second-order valence-electron chi connectivity index (χ2n) is 10.6. The third-order valence-corrected chi connectivity index (χ3v) is 9.57. The largest absolute Gasteiger partial charge is 0.481 e. The maximum absolute atomic E-state index is 11.4. The Bertz CT molecular complexity index is 615. The summed E-state index contributed by atoms with van der Waals surface area (Å²) in [5.41, 5.74) is 0.615. The molecule has 4 heteroatoms. The molecule has 27 heavy (non-hydrogen) atoms. The molecule has 4 aliphatic rings. The lowest BCUT2D eigenvalue weighted by molar-refractivity contribution is -0.160. The second kappa shape index (κ2) is 6.77. The summed E-state index contributed by atoms with van der Waals surface area (Å²) in [6, 6.07) is 0. The number of carboxylic acid groups (broad SMARTS) is 1. The van der Waals surface area contributed by atoms with Crippen LogP contribution >= 0.6 is 0 Å². The van der Waals surface area contributed by atoms with E-state index < -0.39 is 5.97 Å². The van der Waals surface area contributed by atoms with Gasteiger partial charge in [-0.3, -0.25) is 9.59 Å². The number of ether oxygens (including phenoxy) is 1. The summed E-state index contributed by atoms with van der Waals surface area (Å²) in [7, 11) is 0. The van der Waals surface area contributed by atoms with E-state index in [1.165, 1.54) is 45.4 Å². The lowest BCUT2D eigenvalue weighted by atomic mass is 9.44. The zero-order valence-corrected chi connectivity index (χ0v) is 17.2. The Labute approximate surface area is 163 Å². The minimum atomic E-state index is -0.622. The average Bonchev–Trinajstić information content (AvgIpc) is 2.91. The summed E-state index contributed by atoms with van der Waals surface area (Å²) in [6.07, 6.45) is 11.1. The van der Waals surface area contributed by atoms with E-state index in [9.17, 15) is 14.7 Å². The van der Waals surface area contributed by atoms with Crippen molar-refractivity contribution in [1.29, 1.82) is 0 Å². The fourth-order valence-electron chi connectivity index (χ4n) is 8.22. The fraction of sp³-hybridized carbons (Fsp3) is 0.913. The summed E-state index contributed by atoms with van der Waals surface area (Å²) in [5.74, 6) is 2.54. The van der Waals surface area contributed by atoms with E-state index in [1.54, 1.807) is 0 Å². The standard InChI is InChI=1S/C23H36O4/c1-14(24)27-17-8-10-22(2)15(12-17)4-6-18-19-7-5-16(13-21(25)26)23(19,3)11-9-20(18)22/h15-20H,4-13H2,1-3H3,(H,25,26)/t15-,16+,17-,18-,19-,20-,22-,23+/m0/s1. The van der Waals surface area contributed by atoms with E-state index in [0.29, 0.717) is 29.6 Å². The van der Waals surface area contributed by atoms with Crippen LogP contribution in [0.5, 0.6) is 0 Å². The molecule has 0 heterocycles. The summed E-state index contributed by atoms with van der Waals surface area (Å²) >= 11 is 0. The van der Waals surface area contributed by atoms with Crippen LogP contribution in [0.15, 0.2) is 0 Å². The maximum atomic E-state index is 11.4. The van der Waals surface area contributed by atoms with Gasteiger partial charge in [0.1, 0.15) is 6.10 Å². The lowest BCUT2D eigenvalue weighted by Crippen LogP contribution is -2.54. The molecule has 1 N–H and O–H groups in total. The van der Waals surface area contributed by atoms with Gasteiger partial charge < -0.3 is 9.84 Å². The van der Waals surface area contributed by atoms with Crippen molar-refractivity contribution < 1.29 is 19.4 Å². The normalized spacial score (nSPS) is 48.9. The molecule has 152 valence electrons. The third-order valence-electron chi connectivity index (χ3n) is 9.57. The quantitative estimate of drug-likeness (QED) is 0.700. The first-order valence-corrected chi connectivity index (χ1v) is 11.1. The van der Waals surface area contributed by atoms with Crippen LogP contribution in [0, 0.1) is 40.4 Å². The molecule has 4 aliphatic carbocycles. The van der Waals surface area contributed by atoms with Gasteiger partial charge in [0.2, 0.25) is 0 Å². The second-order valence-corrected chi connectivity index (χ2v) is 10.6. The molecule has 0 aliphatic heterocycles. The van der Waals surface area contributed by atoms with E-state index in [0.717, 1.165) is 31.1 Å². The highest BCUT2D eigenvalue weighted by Crippen LogP contribution is 2.67. The van der Waals surface area contributed by atoms with Crippen molar-refractivity contribution >= 4 is 11.9 Å². The van der Waals surface area contributed by atoms with Crippen molar-refractivity contribution in [1.82, 2.24) is 0 Å². The molecule has 0 aromatic heterocycles. The zero-order valence-electron chi connectivity index (χ0n) is 17.2. The van der Waals surface area contributed by atoms with Gasteiger partial charge in [0.25, 0.3) is 0 Å². The molecule has 8 atom stereocenters. The van der Waals surface area contributed by atoms with Crippen LogP contribution in [0.2, 0.25) is 0 Å². The van der Waals surface area contributed by atoms with E-state index in [2.05, 4.69) is 13.8 Å². The predicted molar refractivity (Wildman–Crippen MR) is 103 cm³/mol. The lowest BCUT2D eigenvalue weighted by Gasteiger charge is -2.61. The Kier molecular flexibility index (Phi) is 4.83. The molecule has 0 saturated heterocycles. The van der Waals surface area contributed by atoms with Gasteiger partial charge in [0.15, 0.2) is 0 Å². The molecule has 0 spiro atoms. The Morgan fingerprint density at radius 1 is 0.963 bits per heavy atom. The van der Waals surface area contributed by atoms with Crippen molar-refractivity contribution in [3.05, 3.63) is 0 Å². The van der Waals surface area contributed by atoms with E-state index in [4.69, 9.17) is 4.74 Å². The van der Waals surface area contributed by atoms with Crippen molar-refractivity contribution in [2.24, 2.45) is 40.4 Å². The number of aliphatic carboxylic acids is 1. The van der Waals surface area contributed by atoms with Gasteiger partial charge in [-0.25, -0.2) is 0 Å². The molecule has 4 rings (SSSR count). The highest BCUT2D eigenvalue weighted by atomic mass is 16.5. The number of rotatable bonds is 3. The van der Waals surface area contributed by atoms with Crippen LogP contribution in [-0.2, 0) is 14.3 Å². The Balaban J connectivity index is 1.51. The minimum Gasteiger partial charge on any atom is -0.481 e. The van der Waals surface area contributed by atoms with E-state index >= 15 is 0 Å². The Hall–Kier alpha value is -1.06. The number of hydrogen-bond donors (Lipinski definition) is 1. The van der Waals surface area contributed by atoms with Gasteiger partial charge in [-0.2, -0.15) is 0 Å². The van der Waals surface area contributed by atoms with Crippen molar-refractivity contribution in [3.8, 4) is 0 Å². The first-order valence-electron chi connectivity index (χ1n) is 11.1. The zero-order chi connectivity index (χ0) is 19.4. The molecule has 0 amide bonds. The van der Waals surface area contributed by atoms with Crippen molar-refractivity contribution in [3.63, 3.8) is 0 Å². The summed E-state index contributed by atoms with van der Waals surface area (Å²) < 4.78 is 5.56. The molecule has 0 aromatic carbocycles. The maximum Gasteiger partial charge on any atom is 0.303 e. The minimum absolute atomic E-state index is 0.123. The molecule has 0 radical (unpaired) electrons. The highest BCUT2D eigenvalue weighted by Gasteiger charge is 2.60. The fourth-order valence-corrected chi connectivity index (χ4v) is 8.22. The van der Waals surface area contributed by atoms with Crippen molar-refractivity contribution in [2.45, 2.75) is 91.1 Å². The number of carbonyl (C=O) groups excluding carboxylic acids is 1. The number of hydrogen-bond acceptors (Lipinski definition) is 3. The third kappa shape index (κ3) is 3.11. The van der Waals surface area contributed by atoms with Gasteiger partial charge in [-0.1, -0.05) is 13.8 Å². The number of esters is 1. The smallest absolute Gasteiger partial charge is 0.303 e. The SMILES string of the molecule is CC(=O)O[C@H]1CC[C@@]2(C)[C@@H](CC[C@@H]3[C@@H]2CC[C@]2(C)[C@@H](CC(=O)O)CC[C@@H]32)C1. The molecule has 0 bridgehead atoms. The van der Waals surface area contributed by atoms with Crippen LogP contribution in [0.25, 0.3) is 0 Å². The number of fused-ring (bicyclic) bond motifs is 5. The summed E-state index contributed by atoms with van der Waals surface area (Å²) in [6.45, 7) is 6.45. The molecule has 0 unspecified atom stereocenters. The highest BCUT2D eigenvalue weighted by molar-refractivity contribution is 5.67. The van der Waals surface area contributed by atoms with Crippen LogP contribution < -0.4 is 0 Å². The van der Waals surface area contributed by atoms with Crippen LogP contribution in [0.3, 0.4) is 0 Å². The van der Waals surface area contributed by atoms with Gasteiger partial charge >= 0.3 is 11.9 Å². The van der Waals surface area contributed by atoms with Gasteiger partial charge in [0.05, 0.1) is 0 Å². The van der Waals surface area contributed by atoms with Crippen LogP contribution in [-0.4, -0.2) is 23.1 Å². The van der Waals surface area contributed by atoms with Gasteiger partial charge in [-0.05, 0) is 98.2 Å². The number of carboxylic acids is 1. The van der Waals surface area contributed by atoms with Crippen LogP contribution in [0.4, 0.5) is 0 Å². The first kappa shape index (κ1) is 19.3. The molecule has 0 aromatic rings.